The Morgan fingerprint density at radius 3 is 2.41 bits per heavy atom. The Bertz CT molecular complexity index is 1080. The highest BCUT2D eigenvalue weighted by atomic mass is 35.5. The number of esters is 1. The molecule has 0 fully saturated rings. The van der Waals surface area contributed by atoms with Gasteiger partial charge >= 0.3 is 5.97 Å². The number of fused-ring (bicyclic) bond motifs is 1. The number of benzene rings is 2. The molecule has 1 aliphatic heterocycles. The predicted octanol–water partition coefficient (Wildman–Crippen LogP) is 3.36. The van der Waals surface area contributed by atoms with Crippen LogP contribution in [0.4, 0.5) is 0 Å². The number of sulfonamides is 1. The number of carbonyl (C=O) groups excluding carboxylic acids is 2. The highest BCUT2D eigenvalue weighted by Gasteiger charge is 2.45. The van der Waals surface area contributed by atoms with Gasteiger partial charge in [0.05, 0.1) is 29.3 Å². The fourth-order valence-corrected chi connectivity index (χ4v) is 4.73. The number of nitrogens with zero attached hydrogens (tertiary/aromatic N) is 1. The monoisotopic (exact) mass is 459 g/mol. The zero-order valence-electron chi connectivity index (χ0n) is 15.3. The van der Waals surface area contributed by atoms with E-state index in [2.05, 4.69) is 0 Å². The maximum atomic E-state index is 12.9. The van der Waals surface area contributed by atoms with Crippen molar-refractivity contribution in [3.63, 3.8) is 0 Å². The molecule has 1 aliphatic rings. The molecule has 8 nitrogen and oxygen atoms in total. The summed E-state index contributed by atoms with van der Waals surface area (Å²) in [6.45, 7) is 1.03. The summed E-state index contributed by atoms with van der Waals surface area (Å²) < 4.78 is 41.6. The summed E-state index contributed by atoms with van der Waals surface area (Å²) in [6.07, 6.45) is 0. The lowest BCUT2D eigenvalue weighted by Gasteiger charge is -2.15. The molecule has 2 aromatic rings. The van der Waals surface area contributed by atoms with Crippen molar-refractivity contribution in [3.8, 4) is 11.5 Å². The van der Waals surface area contributed by atoms with Gasteiger partial charge in [-0.2, -0.15) is 4.31 Å². The van der Waals surface area contributed by atoms with E-state index in [1.807, 2.05) is 0 Å². The van der Waals surface area contributed by atoms with E-state index < -0.39 is 28.6 Å². The molecule has 0 saturated heterocycles. The maximum absolute atomic E-state index is 12.9. The molecule has 2 aromatic carbocycles. The molecule has 0 aliphatic carbocycles. The number of hydrogen-bond acceptors (Lipinski definition) is 7. The van der Waals surface area contributed by atoms with Crippen molar-refractivity contribution in [3.05, 3.63) is 51.5 Å². The molecule has 0 radical (unpaired) electrons. The highest BCUT2D eigenvalue weighted by molar-refractivity contribution is 7.90. The van der Waals surface area contributed by atoms with Crippen molar-refractivity contribution in [1.29, 1.82) is 0 Å². The topological polar surface area (TPSA) is 99.2 Å². The van der Waals surface area contributed by atoms with Crippen molar-refractivity contribution < 1.29 is 32.2 Å². The van der Waals surface area contributed by atoms with Gasteiger partial charge in [0.2, 0.25) is 0 Å². The Labute approximate surface area is 176 Å². The van der Waals surface area contributed by atoms with Gasteiger partial charge in [-0.05, 0) is 19.1 Å². The minimum absolute atomic E-state index is 0.0322. The fourth-order valence-electron chi connectivity index (χ4n) is 2.73. The second-order valence-corrected chi connectivity index (χ2v) is 8.39. The summed E-state index contributed by atoms with van der Waals surface area (Å²) in [5, 5.41) is 0.0644. The minimum atomic E-state index is -4.29. The zero-order valence-corrected chi connectivity index (χ0v) is 17.6. The Kier molecular flexibility index (Phi) is 5.92. The van der Waals surface area contributed by atoms with Crippen molar-refractivity contribution in [2.45, 2.75) is 11.8 Å². The standard InChI is InChI=1S/C18H15Cl2NO7S/c1-3-27-13-7-10(26-2)8-14-16(13)17(22)21(29(14,24)25)9-28-18(23)15-11(19)5-4-6-12(15)20/h4-8H,3,9H2,1-2H3. The molecule has 0 unspecified atom stereocenters. The number of rotatable bonds is 6. The van der Waals surface area contributed by atoms with Crippen molar-refractivity contribution >= 4 is 45.1 Å². The Hall–Kier alpha value is -2.49. The first-order valence-corrected chi connectivity index (χ1v) is 10.4. The Morgan fingerprint density at radius 1 is 1.17 bits per heavy atom. The smallest absolute Gasteiger partial charge is 0.342 e. The maximum Gasteiger partial charge on any atom is 0.342 e. The van der Waals surface area contributed by atoms with Crippen molar-refractivity contribution in [2.24, 2.45) is 0 Å². The number of ether oxygens (including phenoxy) is 3. The predicted molar refractivity (Wildman–Crippen MR) is 104 cm³/mol. The third-order valence-electron chi connectivity index (χ3n) is 4.06. The highest BCUT2D eigenvalue weighted by Crippen LogP contribution is 2.39. The van der Waals surface area contributed by atoms with E-state index in [-0.39, 0.29) is 44.2 Å². The van der Waals surface area contributed by atoms with E-state index in [9.17, 15) is 18.0 Å². The molecule has 154 valence electrons. The van der Waals surface area contributed by atoms with Crippen LogP contribution in [0.25, 0.3) is 0 Å². The molecule has 3 rings (SSSR count). The number of carbonyl (C=O) groups is 2. The molecule has 11 heteroatoms. The van der Waals surface area contributed by atoms with Crippen LogP contribution < -0.4 is 9.47 Å². The van der Waals surface area contributed by atoms with E-state index >= 15 is 0 Å². The van der Waals surface area contributed by atoms with Gasteiger partial charge in [-0.25, -0.2) is 13.2 Å². The van der Waals surface area contributed by atoms with Gasteiger partial charge < -0.3 is 14.2 Å². The van der Waals surface area contributed by atoms with Crippen LogP contribution in [-0.4, -0.2) is 45.0 Å². The van der Waals surface area contributed by atoms with Gasteiger partial charge in [0, 0.05) is 12.1 Å². The quantitative estimate of drug-likeness (QED) is 0.610. The SMILES string of the molecule is CCOc1cc(OC)cc2c1C(=O)N(COC(=O)c1c(Cl)cccc1Cl)S2(=O)=O. The second-order valence-electron chi connectivity index (χ2n) is 5.75. The number of methoxy groups -OCH3 is 1. The van der Waals surface area contributed by atoms with E-state index in [0.29, 0.717) is 4.31 Å². The lowest BCUT2D eigenvalue weighted by molar-refractivity contribution is 0.0358. The molecule has 0 N–H and O–H groups in total. The molecule has 1 amide bonds. The van der Waals surface area contributed by atoms with Gasteiger partial charge in [0.1, 0.15) is 22.0 Å². The minimum Gasteiger partial charge on any atom is -0.497 e. The first-order chi connectivity index (χ1) is 13.7. The molecule has 29 heavy (non-hydrogen) atoms. The second kappa shape index (κ2) is 8.10. The molecule has 0 atom stereocenters. The summed E-state index contributed by atoms with van der Waals surface area (Å²) >= 11 is 11.9. The number of amides is 1. The fraction of sp³-hybridized carbons (Fsp3) is 0.222. The lowest BCUT2D eigenvalue weighted by atomic mass is 10.1. The van der Waals surface area contributed by atoms with E-state index in [0.717, 1.165) is 0 Å². The van der Waals surface area contributed by atoms with Gasteiger partial charge in [0.25, 0.3) is 15.9 Å². The summed E-state index contributed by atoms with van der Waals surface area (Å²) in [6, 6.07) is 7.01. The largest absolute Gasteiger partial charge is 0.497 e. The normalized spacial score (nSPS) is 14.5. The first kappa shape index (κ1) is 21.2. The first-order valence-electron chi connectivity index (χ1n) is 8.25. The molecule has 0 saturated carbocycles. The summed E-state index contributed by atoms with van der Waals surface area (Å²) in [4.78, 5) is 24.8. The Morgan fingerprint density at radius 2 is 1.83 bits per heavy atom. The van der Waals surface area contributed by atoms with E-state index in [1.54, 1.807) is 6.92 Å². The van der Waals surface area contributed by atoms with Crippen molar-refractivity contribution in [2.75, 3.05) is 20.4 Å². The average molecular weight is 460 g/mol. The van der Waals surface area contributed by atoms with Crippen LogP contribution in [0.3, 0.4) is 0 Å². The van der Waals surface area contributed by atoms with E-state index in [1.165, 1.54) is 37.4 Å². The molecule has 0 spiro atoms. The summed E-state index contributed by atoms with van der Waals surface area (Å²) in [5.74, 6) is -1.60. The molecule has 0 aromatic heterocycles. The van der Waals surface area contributed by atoms with Crippen LogP contribution in [0.1, 0.15) is 27.6 Å². The third kappa shape index (κ3) is 3.73. The third-order valence-corrected chi connectivity index (χ3v) is 6.42. The Balaban J connectivity index is 1.93. The summed E-state index contributed by atoms with van der Waals surface area (Å²) in [7, 11) is -2.93. The van der Waals surface area contributed by atoms with Crippen LogP contribution >= 0.6 is 23.2 Å². The van der Waals surface area contributed by atoms with Gasteiger partial charge in [0.15, 0.2) is 6.73 Å². The van der Waals surface area contributed by atoms with Gasteiger partial charge in [-0.15, -0.1) is 0 Å². The molecular formula is C18H15Cl2NO7S. The number of hydrogen-bond donors (Lipinski definition) is 0. The molecular weight excluding hydrogens is 445 g/mol. The molecule has 1 heterocycles. The zero-order chi connectivity index (χ0) is 21.3. The van der Waals surface area contributed by atoms with Gasteiger partial charge in [-0.1, -0.05) is 29.3 Å². The summed E-state index contributed by atoms with van der Waals surface area (Å²) in [5.41, 5.74) is -0.284. The molecule has 0 bridgehead atoms. The van der Waals surface area contributed by atoms with E-state index in [4.69, 9.17) is 37.4 Å². The van der Waals surface area contributed by atoms with Crippen LogP contribution in [0.15, 0.2) is 35.2 Å². The average Bonchev–Trinajstić information content (AvgIpc) is 2.86. The lowest BCUT2D eigenvalue weighted by Crippen LogP contribution is -2.33. The number of halogens is 2. The van der Waals surface area contributed by atoms with Crippen molar-refractivity contribution in [1.82, 2.24) is 4.31 Å². The van der Waals surface area contributed by atoms with Gasteiger partial charge in [-0.3, -0.25) is 4.79 Å². The van der Waals surface area contributed by atoms with Crippen LogP contribution in [0.2, 0.25) is 10.0 Å². The van der Waals surface area contributed by atoms with Crippen LogP contribution in [0.5, 0.6) is 11.5 Å². The van der Waals surface area contributed by atoms with Crippen LogP contribution in [-0.2, 0) is 14.8 Å². The van der Waals surface area contributed by atoms with Crippen LogP contribution in [0, 0.1) is 0 Å².